The van der Waals surface area contributed by atoms with Gasteiger partial charge in [0, 0.05) is 19.8 Å². The predicted molar refractivity (Wildman–Crippen MR) is 74.5 cm³/mol. The molecular formula is C12H22N2O4S. The summed E-state index contributed by atoms with van der Waals surface area (Å²) < 4.78 is 5.24. The molecule has 1 heterocycles. The SMILES string of the molecule is CSCC[C@H](NC(=O)NCC1CCOCC1)C(=O)O. The van der Waals surface area contributed by atoms with Crippen molar-refractivity contribution in [2.75, 3.05) is 31.8 Å². The van der Waals surface area contributed by atoms with Crippen LogP contribution in [0.25, 0.3) is 0 Å². The molecule has 0 unspecified atom stereocenters. The lowest BCUT2D eigenvalue weighted by molar-refractivity contribution is -0.139. The van der Waals surface area contributed by atoms with Crippen molar-refractivity contribution in [2.45, 2.75) is 25.3 Å². The highest BCUT2D eigenvalue weighted by molar-refractivity contribution is 7.98. The van der Waals surface area contributed by atoms with E-state index >= 15 is 0 Å². The van der Waals surface area contributed by atoms with E-state index in [2.05, 4.69) is 10.6 Å². The molecule has 7 heteroatoms. The summed E-state index contributed by atoms with van der Waals surface area (Å²) in [7, 11) is 0. The molecule has 1 rings (SSSR count). The van der Waals surface area contributed by atoms with Gasteiger partial charge in [-0.1, -0.05) is 0 Å². The third kappa shape index (κ3) is 6.68. The highest BCUT2D eigenvalue weighted by Gasteiger charge is 2.20. The van der Waals surface area contributed by atoms with E-state index in [-0.39, 0.29) is 0 Å². The Kier molecular flexibility index (Phi) is 7.66. The number of aliphatic carboxylic acids is 1. The lowest BCUT2D eigenvalue weighted by atomic mass is 10.0. The first-order chi connectivity index (χ1) is 9.13. The van der Waals surface area contributed by atoms with Gasteiger partial charge >= 0.3 is 12.0 Å². The quantitative estimate of drug-likeness (QED) is 0.649. The Bertz CT molecular complexity index is 295. The van der Waals surface area contributed by atoms with E-state index in [1.807, 2.05) is 6.26 Å². The van der Waals surface area contributed by atoms with Crippen molar-refractivity contribution in [1.29, 1.82) is 0 Å². The fraction of sp³-hybridized carbons (Fsp3) is 0.833. The molecule has 2 amide bonds. The van der Waals surface area contributed by atoms with Crippen LogP contribution in [0.3, 0.4) is 0 Å². The maximum absolute atomic E-state index is 11.6. The van der Waals surface area contributed by atoms with Crippen molar-refractivity contribution in [1.82, 2.24) is 10.6 Å². The van der Waals surface area contributed by atoms with Gasteiger partial charge in [0.05, 0.1) is 0 Å². The molecule has 1 aliphatic rings. The van der Waals surface area contributed by atoms with Crippen molar-refractivity contribution < 1.29 is 19.4 Å². The van der Waals surface area contributed by atoms with E-state index in [0.29, 0.717) is 24.6 Å². The fourth-order valence-electron chi connectivity index (χ4n) is 1.89. The topological polar surface area (TPSA) is 87.7 Å². The number of carboxylic acids is 1. The molecule has 1 atom stereocenters. The van der Waals surface area contributed by atoms with Gasteiger partial charge in [0.25, 0.3) is 0 Å². The summed E-state index contributed by atoms with van der Waals surface area (Å²) in [6.45, 7) is 2.04. The zero-order chi connectivity index (χ0) is 14.1. The van der Waals surface area contributed by atoms with Gasteiger partial charge in [0.2, 0.25) is 0 Å². The molecule has 0 spiro atoms. The van der Waals surface area contributed by atoms with E-state index in [1.54, 1.807) is 11.8 Å². The number of carbonyl (C=O) groups excluding carboxylic acids is 1. The first-order valence-corrected chi connectivity index (χ1v) is 7.86. The minimum absolute atomic E-state index is 0.403. The summed E-state index contributed by atoms with van der Waals surface area (Å²) in [5.74, 6) is 0.140. The number of hydrogen-bond acceptors (Lipinski definition) is 4. The number of nitrogens with one attached hydrogen (secondary N) is 2. The van der Waals surface area contributed by atoms with Crippen LogP contribution < -0.4 is 10.6 Å². The molecule has 19 heavy (non-hydrogen) atoms. The summed E-state index contributed by atoms with van der Waals surface area (Å²) in [6.07, 6.45) is 4.22. The third-order valence-corrected chi connectivity index (χ3v) is 3.75. The van der Waals surface area contributed by atoms with Crippen LogP contribution in [0.1, 0.15) is 19.3 Å². The van der Waals surface area contributed by atoms with Gasteiger partial charge in [-0.15, -0.1) is 0 Å². The van der Waals surface area contributed by atoms with Gasteiger partial charge in [-0.05, 0) is 37.2 Å². The normalized spacial score (nSPS) is 17.7. The molecule has 110 valence electrons. The first-order valence-electron chi connectivity index (χ1n) is 6.47. The van der Waals surface area contributed by atoms with Crippen LogP contribution in [0, 0.1) is 5.92 Å². The van der Waals surface area contributed by atoms with Crippen molar-refractivity contribution >= 4 is 23.8 Å². The highest BCUT2D eigenvalue weighted by Crippen LogP contribution is 2.13. The molecule has 0 saturated carbocycles. The standard InChI is InChI=1S/C12H22N2O4S/c1-19-7-4-10(11(15)16)14-12(17)13-8-9-2-5-18-6-3-9/h9-10H,2-8H2,1H3,(H,15,16)(H2,13,14,17)/t10-/m0/s1. The second-order valence-electron chi connectivity index (χ2n) is 4.58. The Labute approximate surface area is 117 Å². The molecule has 0 aromatic rings. The average Bonchev–Trinajstić information content (AvgIpc) is 2.42. The van der Waals surface area contributed by atoms with Gasteiger partial charge in [-0.3, -0.25) is 0 Å². The Morgan fingerprint density at radius 1 is 1.42 bits per heavy atom. The minimum atomic E-state index is -0.990. The Morgan fingerprint density at radius 3 is 2.68 bits per heavy atom. The van der Waals surface area contributed by atoms with E-state index in [0.717, 1.165) is 26.1 Å². The van der Waals surface area contributed by atoms with Gasteiger partial charge in [-0.25, -0.2) is 9.59 Å². The molecule has 3 N–H and O–H groups in total. The van der Waals surface area contributed by atoms with Gasteiger partial charge in [0.1, 0.15) is 6.04 Å². The van der Waals surface area contributed by atoms with Gasteiger partial charge in [0.15, 0.2) is 0 Å². The van der Waals surface area contributed by atoms with Gasteiger partial charge in [-0.2, -0.15) is 11.8 Å². The first kappa shape index (κ1) is 16.1. The zero-order valence-electron chi connectivity index (χ0n) is 11.2. The number of rotatable bonds is 7. The third-order valence-electron chi connectivity index (χ3n) is 3.11. The summed E-state index contributed by atoms with van der Waals surface area (Å²) >= 11 is 1.56. The number of ether oxygens (including phenoxy) is 1. The number of thioether (sulfide) groups is 1. The summed E-state index contributed by atoms with van der Waals surface area (Å²) in [4.78, 5) is 22.6. The molecule has 1 saturated heterocycles. The maximum atomic E-state index is 11.6. The molecular weight excluding hydrogens is 268 g/mol. The summed E-state index contributed by atoms with van der Waals surface area (Å²) in [6, 6.07) is -1.22. The van der Waals surface area contributed by atoms with Crippen molar-refractivity contribution in [2.24, 2.45) is 5.92 Å². The van der Waals surface area contributed by atoms with Crippen LogP contribution in [-0.2, 0) is 9.53 Å². The summed E-state index contributed by atoms with van der Waals surface area (Å²) in [5.41, 5.74) is 0. The number of carbonyl (C=O) groups is 2. The Hall–Kier alpha value is -0.950. The number of urea groups is 1. The number of amides is 2. The Balaban J connectivity index is 2.25. The van der Waals surface area contributed by atoms with E-state index in [9.17, 15) is 9.59 Å². The van der Waals surface area contributed by atoms with Crippen LogP contribution in [0.5, 0.6) is 0 Å². The maximum Gasteiger partial charge on any atom is 0.326 e. The number of hydrogen-bond donors (Lipinski definition) is 3. The fourth-order valence-corrected chi connectivity index (χ4v) is 2.36. The van der Waals surface area contributed by atoms with Crippen LogP contribution in [-0.4, -0.2) is 54.9 Å². The minimum Gasteiger partial charge on any atom is -0.480 e. The molecule has 1 aliphatic heterocycles. The van der Waals surface area contributed by atoms with Crippen molar-refractivity contribution in [3.63, 3.8) is 0 Å². The van der Waals surface area contributed by atoms with Crippen LogP contribution >= 0.6 is 11.8 Å². The Morgan fingerprint density at radius 2 is 2.11 bits per heavy atom. The lowest BCUT2D eigenvalue weighted by Crippen LogP contribution is -2.47. The van der Waals surface area contributed by atoms with E-state index < -0.39 is 18.0 Å². The summed E-state index contributed by atoms with van der Waals surface area (Å²) in [5, 5.41) is 14.2. The largest absolute Gasteiger partial charge is 0.480 e. The molecule has 0 radical (unpaired) electrons. The molecule has 0 aliphatic carbocycles. The van der Waals surface area contributed by atoms with E-state index in [4.69, 9.17) is 9.84 Å². The molecule has 6 nitrogen and oxygen atoms in total. The van der Waals surface area contributed by atoms with E-state index in [1.165, 1.54) is 0 Å². The smallest absolute Gasteiger partial charge is 0.326 e. The van der Waals surface area contributed by atoms with Crippen LogP contribution in [0.2, 0.25) is 0 Å². The lowest BCUT2D eigenvalue weighted by Gasteiger charge is -2.22. The second-order valence-corrected chi connectivity index (χ2v) is 5.57. The molecule has 0 aromatic carbocycles. The second kappa shape index (κ2) is 9.03. The number of carboxylic acid groups (broad SMARTS) is 1. The highest BCUT2D eigenvalue weighted by atomic mass is 32.2. The zero-order valence-corrected chi connectivity index (χ0v) is 12.0. The monoisotopic (exact) mass is 290 g/mol. The van der Waals surface area contributed by atoms with Crippen LogP contribution in [0.15, 0.2) is 0 Å². The van der Waals surface area contributed by atoms with Gasteiger partial charge < -0.3 is 20.5 Å². The van der Waals surface area contributed by atoms with Crippen LogP contribution in [0.4, 0.5) is 4.79 Å². The predicted octanol–water partition coefficient (Wildman–Crippen LogP) is 0.918. The van der Waals surface area contributed by atoms with Crippen molar-refractivity contribution in [3.8, 4) is 0 Å². The van der Waals surface area contributed by atoms with Crippen molar-refractivity contribution in [3.05, 3.63) is 0 Å². The molecule has 0 bridgehead atoms. The molecule has 0 aromatic heterocycles. The average molecular weight is 290 g/mol. The molecule has 1 fully saturated rings.